The van der Waals surface area contributed by atoms with Gasteiger partial charge in [0, 0.05) is 13.0 Å². The number of likely N-dealkylation sites (tertiary alicyclic amines) is 1. The largest absolute Gasteiger partial charge is 0.445 e. The number of rotatable bonds is 6. The van der Waals surface area contributed by atoms with Crippen molar-refractivity contribution < 1.29 is 19.4 Å². The number of aliphatic hydroxyl groups excluding tert-OH is 1. The Morgan fingerprint density at radius 1 is 1.50 bits per heavy atom. The maximum Gasteiger partial charge on any atom is 0.410 e. The molecule has 0 aliphatic carbocycles. The predicted molar refractivity (Wildman–Crippen MR) is 106 cm³/mol. The van der Waals surface area contributed by atoms with Gasteiger partial charge in [-0.15, -0.1) is 11.3 Å². The summed E-state index contributed by atoms with van der Waals surface area (Å²) in [6.45, 7) is 3.74. The molecule has 3 rings (SSSR count). The predicted octanol–water partition coefficient (Wildman–Crippen LogP) is 2.22. The summed E-state index contributed by atoms with van der Waals surface area (Å²) in [6, 6.07) is 0.905. The van der Waals surface area contributed by atoms with Gasteiger partial charge in [-0.3, -0.25) is 14.2 Å². The van der Waals surface area contributed by atoms with Crippen LogP contribution in [0.3, 0.4) is 0 Å². The van der Waals surface area contributed by atoms with E-state index in [4.69, 9.17) is 16.3 Å². The van der Waals surface area contributed by atoms with Gasteiger partial charge in [-0.1, -0.05) is 24.3 Å². The fraction of sp³-hybridized carbons (Fsp3) is 0.444. The zero-order valence-electron chi connectivity index (χ0n) is 15.0. The Morgan fingerprint density at radius 3 is 3.04 bits per heavy atom. The van der Waals surface area contributed by atoms with E-state index in [9.17, 15) is 19.5 Å². The number of hydrogen-bond donors (Lipinski definition) is 1. The fourth-order valence-corrected chi connectivity index (χ4v) is 4.36. The van der Waals surface area contributed by atoms with Crippen molar-refractivity contribution in [2.24, 2.45) is 0 Å². The van der Waals surface area contributed by atoms with E-state index in [-0.39, 0.29) is 30.9 Å². The first kappa shape index (κ1) is 20.5. The molecule has 8 nitrogen and oxygen atoms in total. The molecule has 2 aromatic rings. The summed E-state index contributed by atoms with van der Waals surface area (Å²) in [5.74, 6) is -0.293. The zero-order valence-corrected chi connectivity index (χ0v) is 16.6. The Bertz CT molecular complexity index is 956. The number of Topliss-reactive ketones (excluding diaryl/α,β-unsaturated/α-hetero) is 1. The molecule has 2 atom stereocenters. The van der Waals surface area contributed by atoms with E-state index in [1.807, 2.05) is 0 Å². The van der Waals surface area contributed by atoms with Gasteiger partial charge in [0.1, 0.15) is 11.3 Å². The van der Waals surface area contributed by atoms with Crippen molar-refractivity contribution >= 4 is 45.0 Å². The number of aliphatic hydroxyl groups is 1. The summed E-state index contributed by atoms with van der Waals surface area (Å²) in [6.07, 6.45) is 2.36. The third kappa shape index (κ3) is 4.43. The lowest BCUT2D eigenvalue weighted by atomic mass is 9.95. The Hall–Kier alpha value is -2.23. The van der Waals surface area contributed by atoms with Crippen LogP contribution in [-0.2, 0) is 16.1 Å². The number of nitrogens with zero attached hydrogens (tertiary/aromatic N) is 3. The van der Waals surface area contributed by atoms with Crippen LogP contribution in [0.5, 0.6) is 0 Å². The highest BCUT2D eigenvalue weighted by Gasteiger charge is 2.35. The molecule has 10 heteroatoms. The van der Waals surface area contributed by atoms with E-state index >= 15 is 0 Å². The van der Waals surface area contributed by atoms with Gasteiger partial charge in [-0.05, 0) is 18.9 Å². The molecule has 0 saturated carbocycles. The van der Waals surface area contributed by atoms with Crippen LogP contribution in [0.1, 0.15) is 19.3 Å². The Morgan fingerprint density at radius 2 is 2.29 bits per heavy atom. The van der Waals surface area contributed by atoms with E-state index in [0.29, 0.717) is 33.9 Å². The zero-order chi connectivity index (χ0) is 20.3. The van der Waals surface area contributed by atoms with Crippen molar-refractivity contribution in [1.82, 2.24) is 14.5 Å². The molecular weight excluding hydrogens is 406 g/mol. The number of aromatic nitrogens is 2. The summed E-state index contributed by atoms with van der Waals surface area (Å²) in [7, 11) is 0. The summed E-state index contributed by atoms with van der Waals surface area (Å²) < 4.78 is 7.09. The minimum absolute atomic E-state index is 0.0521. The number of ether oxygens (including phenoxy) is 1. The Kier molecular flexibility index (Phi) is 6.48. The second-order valence-corrected chi connectivity index (χ2v) is 8.20. The summed E-state index contributed by atoms with van der Waals surface area (Å²) in [5.41, 5.74) is 0.143. The van der Waals surface area contributed by atoms with Gasteiger partial charge in [-0.25, -0.2) is 9.78 Å². The minimum Gasteiger partial charge on any atom is -0.445 e. The quantitative estimate of drug-likeness (QED) is 0.712. The molecule has 3 heterocycles. The normalized spacial score (nSPS) is 19.6. The lowest BCUT2D eigenvalue weighted by Crippen LogP contribution is -2.52. The fourth-order valence-electron chi connectivity index (χ4n) is 3.24. The van der Waals surface area contributed by atoms with E-state index < -0.39 is 18.2 Å². The van der Waals surface area contributed by atoms with Crippen LogP contribution in [0, 0.1) is 0 Å². The molecular formula is C18H20ClN3O5S. The summed E-state index contributed by atoms with van der Waals surface area (Å²) in [5, 5.41) is 10.3. The number of halogens is 1. The maximum absolute atomic E-state index is 12.6. The number of amides is 1. The summed E-state index contributed by atoms with van der Waals surface area (Å²) >= 11 is 7.03. The molecule has 1 N–H and O–H groups in total. The van der Waals surface area contributed by atoms with E-state index in [1.54, 1.807) is 6.07 Å². The Balaban J connectivity index is 1.73. The highest BCUT2D eigenvalue weighted by atomic mass is 35.5. The van der Waals surface area contributed by atoms with Crippen molar-refractivity contribution in [3.8, 4) is 0 Å². The van der Waals surface area contributed by atoms with Crippen LogP contribution in [0.2, 0.25) is 4.34 Å². The second-order valence-electron chi connectivity index (χ2n) is 6.52. The van der Waals surface area contributed by atoms with E-state index in [1.165, 1.54) is 21.9 Å². The SMILES string of the molecule is C=CCOC(=O)N1CCC[C@H](O)[C@H]1CC(=O)Cn1cnc2cc(Cl)sc2c1=O. The first-order chi connectivity index (χ1) is 13.4. The first-order valence-electron chi connectivity index (χ1n) is 8.79. The number of piperidine rings is 1. The van der Waals surface area contributed by atoms with Crippen molar-refractivity contribution in [2.75, 3.05) is 13.2 Å². The van der Waals surface area contributed by atoms with Crippen LogP contribution in [0.15, 0.2) is 29.8 Å². The average molecular weight is 426 g/mol. The van der Waals surface area contributed by atoms with Gasteiger partial charge in [0.05, 0.1) is 34.9 Å². The van der Waals surface area contributed by atoms with Crippen molar-refractivity contribution in [2.45, 2.75) is 38.0 Å². The molecule has 1 fully saturated rings. The minimum atomic E-state index is -0.831. The molecule has 0 bridgehead atoms. The molecule has 1 amide bonds. The van der Waals surface area contributed by atoms with Gasteiger partial charge in [0.2, 0.25) is 0 Å². The lowest BCUT2D eigenvalue weighted by molar-refractivity contribution is -0.122. The van der Waals surface area contributed by atoms with Crippen LogP contribution in [0.4, 0.5) is 4.79 Å². The molecule has 28 heavy (non-hydrogen) atoms. The van der Waals surface area contributed by atoms with Crippen molar-refractivity contribution in [3.63, 3.8) is 0 Å². The maximum atomic E-state index is 12.6. The number of thiophene rings is 1. The molecule has 0 unspecified atom stereocenters. The molecule has 0 radical (unpaired) electrons. The topological polar surface area (TPSA) is 102 Å². The monoisotopic (exact) mass is 425 g/mol. The number of carbonyl (C=O) groups excluding carboxylic acids is 2. The molecule has 2 aromatic heterocycles. The second kappa shape index (κ2) is 8.85. The number of fused-ring (bicyclic) bond motifs is 1. The first-order valence-corrected chi connectivity index (χ1v) is 9.98. The van der Waals surface area contributed by atoms with Gasteiger partial charge < -0.3 is 14.7 Å². The number of hydrogen-bond acceptors (Lipinski definition) is 7. The van der Waals surface area contributed by atoms with Gasteiger partial charge >= 0.3 is 6.09 Å². The molecule has 1 aliphatic rings. The van der Waals surface area contributed by atoms with E-state index in [2.05, 4.69) is 11.6 Å². The third-order valence-electron chi connectivity index (χ3n) is 4.56. The lowest BCUT2D eigenvalue weighted by Gasteiger charge is -2.37. The highest BCUT2D eigenvalue weighted by Crippen LogP contribution is 2.25. The highest BCUT2D eigenvalue weighted by molar-refractivity contribution is 7.22. The number of carbonyl (C=O) groups is 2. The van der Waals surface area contributed by atoms with Crippen LogP contribution in [0.25, 0.3) is 10.2 Å². The van der Waals surface area contributed by atoms with Gasteiger partial charge in [-0.2, -0.15) is 0 Å². The number of ketones is 1. The van der Waals surface area contributed by atoms with Crippen molar-refractivity contribution in [1.29, 1.82) is 0 Å². The van der Waals surface area contributed by atoms with Gasteiger partial charge in [0.25, 0.3) is 5.56 Å². The molecule has 150 valence electrons. The van der Waals surface area contributed by atoms with Gasteiger partial charge in [0.15, 0.2) is 5.78 Å². The van der Waals surface area contributed by atoms with Crippen molar-refractivity contribution in [3.05, 3.63) is 39.7 Å². The molecule has 0 aromatic carbocycles. The van der Waals surface area contributed by atoms with E-state index in [0.717, 1.165) is 11.3 Å². The smallest absolute Gasteiger partial charge is 0.410 e. The Labute approximate surface area is 170 Å². The third-order valence-corrected chi connectivity index (χ3v) is 5.80. The molecule has 0 spiro atoms. The van der Waals surface area contributed by atoms with Crippen LogP contribution in [-0.4, -0.2) is 56.7 Å². The molecule has 1 saturated heterocycles. The summed E-state index contributed by atoms with van der Waals surface area (Å²) in [4.78, 5) is 42.8. The standard InChI is InChI=1S/C18H20ClN3O5S/c1-2-6-27-18(26)22-5-3-4-14(24)13(22)7-11(23)9-21-10-20-12-8-15(19)28-16(12)17(21)25/h2,8,10,13-14,24H,1,3-7,9H2/t13-,14+/m1/s1. The molecule has 1 aliphatic heterocycles. The van der Waals surface area contributed by atoms with Crippen LogP contribution >= 0.6 is 22.9 Å². The van der Waals surface area contributed by atoms with Crippen LogP contribution < -0.4 is 5.56 Å². The average Bonchev–Trinajstić information content (AvgIpc) is 3.05.